The number of carbonyl (C=O) groups excluding carboxylic acids is 2. The van der Waals surface area contributed by atoms with E-state index in [1.165, 1.54) is 23.5 Å². The molecule has 0 radical (unpaired) electrons. The minimum absolute atomic E-state index is 0.0849. The quantitative estimate of drug-likeness (QED) is 0.513. The molecule has 2 aromatic carbocycles. The first-order valence-corrected chi connectivity index (χ1v) is 7.48. The van der Waals surface area contributed by atoms with Crippen LogP contribution in [0.1, 0.15) is 0 Å². The van der Waals surface area contributed by atoms with Crippen LogP contribution in [0.3, 0.4) is 0 Å². The molecular weight excluding hydrogens is 298 g/mol. The molecule has 0 atom stereocenters. The van der Waals surface area contributed by atoms with E-state index in [1.54, 1.807) is 24.3 Å². The van der Waals surface area contributed by atoms with Crippen molar-refractivity contribution in [2.24, 2.45) is 0 Å². The summed E-state index contributed by atoms with van der Waals surface area (Å²) in [4.78, 5) is 37.2. The Hall–Kier alpha value is -2.79. The van der Waals surface area contributed by atoms with Crippen molar-refractivity contribution in [2.75, 3.05) is 4.90 Å². The molecule has 5 heteroatoms. The Kier molecular flexibility index (Phi) is 2.71. The van der Waals surface area contributed by atoms with Gasteiger partial charge in [-0.1, -0.05) is 12.1 Å². The zero-order valence-electron chi connectivity index (χ0n) is 11.3. The highest BCUT2D eigenvalue weighted by atomic mass is 32.1. The molecular formula is C17H9NO3S. The lowest BCUT2D eigenvalue weighted by atomic mass is 10.1. The number of hydrogen-bond donors (Lipinski definition) is 0. The number of imide groups is 1. The van der Waals surface area contributed by atoms with Crippen molar-refractivity contribution in [2.45, 2.75) is 0 Å². The van der Waals surface area contributed by atoms with Gasteiger partial charge < -0.3 is 0 Å². The van der Waals surface area contributed by atoms with E-state index >= 15 is 0 Å². The van der Waals surface area contributed by atoms with Gasteiger partial charge in [-0.2, -0.15) is 0 Å². The highest BCUT2D eigenvalue weighted by molar-refractivity contribution is 7.24. The van der Waals surface area contributed by atoms with Crippen molar-refractivity contribution in [1.29, 1.82) is 0 Å². The maximum Gasteiger partial charge on any atom is 0.258 e. The molecule has 4 nitrogen and oxygen atoms in total. The van der Waals surface area contributed by atoms with Crippen LogP contribution in [0, 0.1) is 0 Å². The fourth-order valence-electron chi connectivity index (χ4n) is 2.59. The Morgan fingerprint density at radius 3 is 2.23 bits per heavy atom. The monoisotopic (exact) mass is 307 g/mol. The number of rotatable bonds is 1. The summed E-state index contributed by atoms with van der Waals surface area (Å²) in [5, 5.41) is 1.17. The predicted molar refractivity (Wildman–Crippen MR) is 87.2 cm³/mol. The average Bonchev–Trinajstić information content (AvgIpc) is 2.86. The molecule has 0 aliphatic carbocycles. The van der Waals surface area contributed by atoms with Crippen LogP contribution in [-0.2, 0) is 9.59 Å². The number of amides is 2. The smallest absolute Gasteiger partial charge is 0.258 e. The lowest BCUT2D eigenvalue weighted by molar-refractivity contribution is -0.119. The summed E-state index contributed by atoms with van der Waals surface area (Å²) < 4.78 is 1.75. The highest BCUT2D eigenvalue weighted by Gasteiger charge is 2.25. The molecule has 2 amide bonds. The van der Waals surface area contributed by atoms with Crippen LogP contribution in [0.5, 0.6) is 0 Å². The molecule has 0 N–H and O–H groups in total. The maximum atomic E-state index is 12.6. The second-order valence-electron chi connectivity index (χ2n) is 4.95. The van der Waals surface area contributed by atoms with Crippen molar-refractivity contribution < 1.29 is 9.59 Å². The van der Waals surface area contributed by atoms with Crippen molar-refractivity contribution >= 4 is 49.0 Å². The topological polar surface area (TPSA) is 54.5 Å². The summed E-state index contributed by atoms with van der Waals surface area (Å²) in [5.41, 5.74) is 0.338. The number of benzene rings is 2. The van der Waals surface area contributed by atoms with Crippen molar-refractivity contribution in [1.82, 2.24) is 0 Å². The van der Waals surface area contributed by atoms with Gasteiger partial charge >= 0.3 is 0 Å². The molecule has 3 aromatic rings. The second-order valence-corrected chi connectivity index (χ2v) is 6.04. The van der Waals surface area contributed by atoms with Gasteiger partial charge in [0.15, 0.2) is 5.43 Å². The predicted octanol–water partition coefficient (Wildman–Crippen LogP) is 2.84. The molecule has 1 aliphatic rings. The Morgan fingerprint density at radius 2 is 1.45 bits per heavy atom. The largest absolute Gasteiger partial charge is 0.289 e. The molecule has 0 saturated carbocycles. The molecule has 0 saturated heterocycles. The molecule has 0 fully saturated rings. The zero-order chi connectivity index (χ0) is 15.3. The fourth-order valence-corrected chi connectivity index (χ4v) is 3.64. The molecule has 22 heavy (non-hydrogen) atoms. The maximum absolute atomic E-state index is 12.6. The molecule has 0 spiro atoms. The average molecular weight is 307 g/mol. The van der Waals surface area contributed by atoms with Crippen molar-refractivity contribution in [3.8, 4) is 0 Å². The summed E-state index contributed by atoms with van der Waals surface area (Å²) in [7, 11) is 0. The standard InChI is InChI=1S/C17H9NO3S/c19-15-7-8-16(20)18(15)10-5-6-14-12(9-10)17(21)11-3-1-2-4-13(11)22-14/h1-9H. The van der Waals surface area contributed by atoms with Gasteiger partial charge in [0.25, 0.3) is 11.8 Å². The van der Waals surface area contributed by atoms with Gasteiger partial charge in [0.2, 0.25) is 0 Å². The van der Waals surface area contributed by atoms with E-state index in [0.29, 0.717) is 16.5 Å². The van der Waals surface area contributed by atoms with Gasteiger partial charge in [0.05, 0.1) is 5.69 Å². The Morgan fingerprint density at radius 1 is 0.773 bits per heavy atom. The molecule has 1 aromatic heterocycles. The van der Waals surface area contributed by atoms with Crippen LogP contribution in [0.2, 0.25) is 0 Å². The number of hydrogen-bond acceptors (Lipinski definition) is 4. The molecule has 1 aliphatic heterocycles. The SMILES string of the molecule is O=C1C=CC(=O)N1c1ccc2sc3ccccc3c(=O)c2c1. The summed E-state index contributed by atoms with van der Waals surface area (Å²) >= 11 is 1.51. The van der Waals surface area contributed by atoms with Gasteiger partial charge in [-0.05, 0) is 30.3 Å². The summed E-state index contributed by atoms with van der Waals surface area (Å²) in [5.74, 6) is -0.775. The zero-order valence-corrected chi connectivity index (χ0v) is 12.1. The number of carbonyl (C=O) groups is 2. The van der Waals surface area contributed by atoms with Gasteiger partial charge in [-0.25, -0.2) is 4.90 Å². The summed E-state index contributed by atoms with van der Waals surface area (Å²) in [6.45, 7) is 0. The third kappa shape index (κ3) is 1.79. The van der Waals surface area contributed by atoms with E-state index in [9.17, 15) is 14.4 Å². The van der Waals surface area contributed by atoms with Crippen LogP contribution in [0.25, 0.3) is 20.2 Å². The molecule has 2 heterocycles. The van der Waals surface area contributed by atoms with Crippen LogP contribution >= 0.6 is 11.3 Å². The Labute approximate surface area is 128 Å². The Balaban J connectivity index is 2.00. The third-order valence-corrected chi connectivity index (χ3v) is 4.78. The van der Waals surface area contributed by atoms with Crippen LogP contribution in [0.4, 0.5) is 5.69 Å². The lowest BCUT2D eigenvalue weighted by Crippen LogP contribution is -2.29. The molecule has 0 unspecified atom stereocenters. The Bertz CT molecular complexity index is 1030. The third-order valence-electron chi connectivity index (χ3n) is 3.63. The fraction of sp³-hybridized carbons (Fsp3) is 0. The van der Waals surface area contributed by atoms with Crippen LogP contribution in [0.15, 0.2) is 59.4 Å². The molecule has 0 bridgehead atoms. The van der Waals surface area contributed by atoms with Crippen LogP contribution < -0.4 is 10.3 Å². The van der Waals surface area contributed by atoms with Crippen LogP contribution in [-0.4, -0.2) is 11.8 Å². The van der Waals surface area contributed by atoms with E-state index in [-0.39, 0.29) is 17.2 Å². The minimum atomic E-state index is -0.388. The summed E-state index contributed by atoms with van der Waals surface area (Å²) in [6, 6.07) is 12.5. The molecule has 4 rings (SSSR count). The number of anilines is 1. The normalized spacial score (nSPS) is 14.5. The van der Waals surface area contributed by atoms with E-state index in [0.717, 1.165) is 14.3 Å². The van der Waals surface area contributed by atoms with E-state index in [1.807, 2.05) is 18.2 Å². The second kappa shape index (κ2) is 4.61. The number of nitrogens with zero attached hydrogens (tertiary/aromatic N) is 1. The molecule has 106 valence electrons. The minimum Gasteiger partial charge on any atom is -0.289 e. The van der Waals surface area contributed by atoms with Crippen molar-refractivity contribution in [3.63, 3.8) is 0 Å². The van der Waals surface area contributed by atoms with E-state index in [4.69, 9.17) is 0 Å². The van der Waals surface area contributed by atoms with Gasteiger partial charge in [-0.15, -0.1) is 11.3 Å². The van der Waals surface area contributed by atoms with Gasteiger partial charge in [0.1, 0.15) is 0 Å². The highest BCUT2D eigenvalue weighted by Crippen LogP contribution is 2.28. The van der Waals surface area contributed by atoms with Gasteiger partial charge in [0, 0.05) is 32.3 Å². The first-order chi connectivity index (χ1) is 10.6. The summed E-state index contributed by atoms with van der Waals surface area (Å²) in [6.07, 6.45) is 2.46. The first kappa shape index (κ1) is 12.9. The first-order valence-electron chi connectivity index (χ1n) is 6.67. The lowest BCUT2D eigenvalue weighted by Gasteiger charge is -2.14. The van der Waals surface area contributed by atoms with Crippen molar-refractivity contribution in [3.05, 3.63) is 64.8 Å². The van der Waals surface area contributed by atoms with Gasteiger partial charge in [-0.3, -0.25) is 14.4 Å². The van der Waals surface area contributed by atoms with E-state index in [2.05, 4.69) is 0 Å². The number of fused-ring (bicyclic) bond motifs is 2. The van der Waals surface area contributed by atoms with E-state index < -0.39 is 0 Å².